The Kier molecular flexibility index (Phi) is 9.07. The topological polar surface area (TPSA) is 121 Å². The predicted molar refractivity (Wildman–Crippen MR) is 144 cm³/mol. The van der Waals surface area contributed by atoms with E-state index in [0.29, 0.717) is 19.4 Å². The van der Waals surface area contributed by atoms with Gasteiger partial charge in [0, 0.05) is 20.5 Å². The molecule has 1 unspecified atom stereocenters. The highest BCUT2D eigenvalue weighted by Gasteiger charge is 2.42. The average Bonchev–Trinajstić information content (AvgIpc) is 3.50. The summed E-state index contributed by atoms with van der Waals surface area (Å²) in [5.74, 6) is -1.08. The van der Waals surface area contributed by atoms with Crippen LogP contribution in [0.4, 0.5) is 0 Å². The van der Waals surface area contributed by atoms with Gasteiger partial charge < -0.3 is 20.9 Å². The number of likely N-dealkylation sites (tertiary alicyclic amines) is 1. The molecule has 1 aliphatic rings. The first-order valence-corrected chi connectivity index (χ1v) is 13.4. The molecule has 200 valence electrons. The Morgan fingerprint density at radius 2 is 1.81 bits per heavy atom. The molecular weight excluding hydrogens is 490 g/mol. The number of amides is 4. The van der Waals surface area contributed by atoms with E-state index in [1.165, 1.54) is 6.92 Å². The minimum Gasteiger partial charge on any atom is -0.359 e. The summed E-state index contributed by atoms with van der Waals surface area (Å²) in [6.45, 7) is 9.42. The summed E-state index contributed by atoms with van der Waals surface area (Å²) in [5.41, 5.74) is 4.05. The van der Waals surface area contributed by atoms with Gasteiger partial charge >= 0.3 is 0 Å². The lowest BCUT2D eigenvalue weighted by Gasteiger charge is -2.35. The zero-order chi connectivity index (χ0) is 27.3. The molecule has 3 rings (SSSR count). The highest BCUT2D eigenvalue weighted by molar-refractivity contribution is 7.13. The van der Waals surface area contributed by atoms with Gasteiger partial charge in [-0.3, -0.25) is 19.2 Å². The molecule has 10 heteroatoms. The Morgan fingerprint density at radius 1 is 1.14 bits per heavy atom. The van der Waals surface area contributed by atoms with Crippen molar-refractivity contribution in [2.75, 3.05) is 13.6 Å². The number of benzene rings is 1. The first kappa shape index (κ1) is 28.3. The van der Waals surface area contributed by atoms with Gasteiger partial charge in [-0.1, -0.05) is 45.0 Å². The van der Waals surface area contributed by atoms with Crippen LogP contribution in [-0.4, -0.2) is 59.2 Å². The first-order valence-electron chi connectivity index (χ1n) is 12.5. The zero-order valence-corrected chi connectivity index (χ0v) is 23.2. The number of thiazole rings is 1. The number of carbonyl (C=O) groups excluding carboxylic acids is 4. The summed E-state index contributed by atoms with van der Waals surface area (Å²) in [6.07, 6.45) is 1.27. The molecule has 1 aliphatic heterocycles. The molecule has 4 amide bonds. The molecule has 2 heterocycles. The van der Waals surface area contributed by atoms with Crippen LogP contribution in [0.25, 0.3) is 10.4 Å². The van der Waals surface area contributed by atoms with Gasteiger partial charge in [-0.2, -0.15) is 0 Å². The summed E-state index contributed by atoms with van der Waals surface area (Å²) in [5, 5.41) is 8.40. The van der Waals surface area contributed by atoms with E-state index in [0.717, 1.165) is 21.7 Å². The molecule has 0 radical (unpaired) electrons. The van der Waals surface area contributed by atoms with Crippen molar-refractivity contribution in [2.45, 2.75) is 72.0 Å². The fraction of sp³-hybridized carbons (Fsp3) is 0.519. The maximum absolute atomic E-state index is 13.5. The van der Waals surface area contributed by atoms with Crippen molar-refractivity contribution in [1.29, 1.82) is 0 Å². The third kappa shape index (κ3) is 6.94. The summed E-state index contributed by atoms with van der Waals surface area (Å²) >= 11 is 1.56. The van der Waals surface area contributed by atoms with Crippen molar-refractivity contribution in [2.24, 2.45) is 5.41 Å². The fourth-order valence-electron chi connectivity index (χ4n) is 4.57. The van der Waals surface area contributed by atoms with Crippen molar-refractivity contribution < 1.29 is 19.2 Å². The number of nitrogens with one attached hydrogen (secondary N) is 3. The number of aryl methyl sites for hydroxylation is 1. The lowest BCUT2D eigenvalue weighted by Crippen LogP contribution is -2.57. The average molecular weight is 528 g/mol. The van der Waals surface area contributed by atoms with Crippen LogP contribution in [0.2, 0.25) is 0 Å². The molecule has 1 aromatic carbocycles. The van der Waals surface area contributed by atoms with Gasteiger partial charge in [-0.05, 0) is 36.3 Å². The van der Waals surface area contributed by atoms with Crippen LogP contribution in [-0.2, 0) is 19.2 Å². The SMILES string of the molecule is CNC(=O)C[C@H](NC(=O)[C@@H]1CCCN1C(=O)C(NC(C)=O)C(C)(C)C)c1ccc(-c2scnc2C)cc1. The van der Waals surface area contributed by atoms with E-state index >= 15 is 0 Å². The number of rotatable bonds is 8. The summed E-state index contributed by atoms with van der Waals surface area (Å²) in [7, 11) is 1.56. The second-order valence-electron chi connectivity index (χ2n) is 10.5. The van der Waals surface area contributed by atoms with Crippen LogP contribution in [0.1, 0.15) is 64.3 Å². The van der Waals surface area contributed by atoms with Gasteiger partial charge in [0.15, 0.2) is 0 Å². The standard InChI is InChI=1S/C27H37N5O4S/c1-16-23(37-15-29-16)19-11-9-18(10-12-19)20(14-22(34)28-6)31-25(35)21-8-7-13-32(21)26(36)24(27(3,4)5)30-17(2)33/h9-12,15,20-21,24H,7-8,13-14H2,1-6H3,(H,28,34)(H,30,33)(H,31,35)/t20-,21-,24?/m0/s1. The number of hydrogen-bond acceptors (Lipinski definition) is 6. The quantitative estimate of drug-likeness (QED) is 0.488. The van der Waals surface area contributed by atoms with Crippen LogP contribution in [0.3, 0.4) is 0 Å². The molecule has 1 fully saturated rings. The molecule has 9 nitrogen and oxygen atoms in total. The van der Waals surface area contributed by atoms with E-state index in [-0.39, 0.29) is 30.0 Å². The smallest absolute Gasteiger partial charge is 0.246 e. The molecule has 0 aliphatic carbocycles. The van der Waals surface area contributed by atoms with Gasteiger partial charge in [-0.25, -0.2) is 4.98 Å². The summed E-state index contributed by atoms with van der Waals surface area (Å²) in [4.78, 5) is 58.0. The molecule has 1 saturated heterocycles. The second-order valence-corrected chi connectivity index (χ2v) is 11.4. The van der Waals surface area contributed by atoms with Gasteiger partial charge in [-0.15, -0.1) is 11.3 Å². The molecule has 2 aromatic rings. The van der Waals surface area contributed by atoms with Gasteiger partial charge in [0.05, 0.1) is 28.5 Å². The Labute approximate surface area is 222 Å². The lowest BCUT2D eigenvalue weighted by molar-refractivity contribution is -0.144. The van der Waals surface area contributed by atoms with Crippen LogP contribution in [0.5, 0.6) is 0 Å². The summed E-state index contributed by atoms with van der Waals surface area (Å²) < 4.78 is 0. The fourth-order valence-corrected chi connectivity index (χ4v) is 5.39. The highest BCUT2D eigenvalue weighted by Crippen LogP contribution is 2.30. The van der Waals surface area contributed by atoms with E-state index in [1.54, 1.807) is 28.8 Å². The molecule has 37 heavy (non-hydrogen) atoms. The van der Waals surface area contributed by atoms with E-state index in [2.05, 4.69) is 20.9 Å². The molecule has 3 atom stereocenters. The van der Waals surface area contributed by atoms with Crippen LogP contribution < -0.4 is 16.0 Å². The van der Waals surface area contributed by atoms with Gasteiger partial charge in [0.1, 0.15) is 12.1 Å². The van der Waals surface area contributed by atoms with E-state index < -0.39 is 23.5 Å². The molecule has 1 aromatic heterocycles. The largest absolute Gasteiger partial charge is 0.359 e. The minimum atomic E-state index is -0.747. The summed E-state index contributed by atoms with van der Waals surface area (Å²) in [6, 6.07) is 5.77. The number of nitrogens with zero attached hydrogens (tertiary/aromatic N) is 2. The lowest BCUT2D eigenvalue weighted by atomic mass is 9.85. The van der Waals surface area contributed by atoms with Crippen molar-refractivity contribution in [3.05, 3.63) is 41.0 Å². The van der Waals surface area contributed by atoms with Gasteiger partial charge in [0.2, 0.25) is 23.6 Å². The molecule has 0 saturated carbocycles. The van der Waals surface area contributed by atoms with E-state index in [9.17, 15) is 19.2 Å². The van der Waals surface area contributed by atoms with Crippen LogP contribution >= 0.6 is 11.3 Å². The Bertz CT molecular complexity index is 1140. The van der Waals surface area contributed by atoms with Crippen LogP contribution in [0, 0.1) is 12.3 Å². The van der Waals surface area contributed by atoms with E-state index in [4.69, 9.17) is 0 Å². The maximum atomic E-state index is 13.5. The van der Waals surface area contributed by atoms with Crippen molar-refractivity contribution >= 4 is 35.0 Å². The number of aromatic nitrogens is 1. The molecule has 3 N–H and O–H groups in total. The molecule has 0 spiro atoms. The maximum Gasteiger partial charge on any atom is 0.246 e. The van der Waals surface area contributed by atoms with Crippen molar-refractivity contribution in [1.82, 2.24) is 25.8 Å². The van der Waals surface area contributed by atoms with Crippen molar-refractivity contribution in [3.63, 3.8) is 0 Å². The second kappa shape index (κ2) is 11.9. The number of carbonyl (C=O) groups is 4. The highest BCUT2D eigenvalue weighted by atomic mass is 32.1. The Hall–Kier alpha value is -3.27. The first-order chi connectivity index (χ1) is 17.4. The van der Waals surface area contributed by atoms with Crippen LogP contribution in [0.15, 0.2) is 29.8 Å². The molecular formula is C27H37N5O4S. The molecule has 0 bridgehead atoms. The zero-order valence-electron chi connectivity index (χ0n) is 22.4. The Morgan fingerprint density at radius 3 is 2.35 bits per heavy atom. The third-order valence-electron chi connectivity index (χ3n) is 6.60. The minimum absolute atomic E-state index is 0.0678. The van der Waals surface area contributed by atoms with Crippen molar-refractivity contribution in [3.8, 4) is 10.4 Å². The van der Waals surface area contributed by atoms with E-state index in [1.807, 2.05) is 52.0 Å². The normalized spacial score (nSPS) is 17.1. The number of hydrogen-bond donors (Lipinski definition) is 3. The Balaban J connectivity index is 1.81. The monoisotopic (exact) mass is 527 g/mol. The third-order valence-corrected chi connectivity index (χ3v) is 7.58. The predicted octanol–water partition coefficient (Wildman–Crippen LogP) is 2.95. The van der Waals surface area contributed by atoms with Gasteiger partial charge in [0.25, 0.3) is 0 Å².